The first-order chi connectivity index (χ1) is 8.59. The zero-order valence-corrected chi connectivity index (χ0v) is 10.0. The SMILES string of the molecule is CC(O)=C1CCN(C(=O)Nc2ccccc2)C1=O. The van der Waals surface area contributed by atoms with E-state index >= 15 is 0 Å². The number of aliphatic hydroxyl groups is 1. The number of anilines is 1. The number of rotatable bonds is 1. The summed E-state index contributed by atoms with van der Waals surface area (Å²) in [7, 11) is 0. The van der Waals surface area contributed by atoms with Crippen molar-refractivity contribution in [2.24, 2.45) is 0 Å². The highest BCUT2D eigenvalue weighted by Crippen LogP contribution is 2.20. The Balaban J connectivity index is 2.08. The minimum atomic E-state index is -0.470. The molecular formula is C13H14N2O3. The van der Waals surface area contributed by atoms with Crippen molar-refractivity contribution in [1.29, 1.82) is 0 Å². The first-order valence-corrected chi connectivity index (χ1v) is 5.66. The number of allylic oxidation sites excluding steroid dienone is 1. The number of imide groups is 1. The van der Waals surface area contributed by atoms with Crippen LogP contribution in [0.25, 0.3) is 0 Å². The number of hydrogen-bond acceptors (Lipinski definition) is 3. The molecule has 0 saturated carbocycles. The molecule has 0 atom stereocenters. The molecule has 0 unspecified atom stereocenters. The second-order valence-corrected chi connectivity index (χ2v) is 4.07. The van der Waals surface area contributed by atoms with E-state index in [0.717, 1.165) is 4.90 Å². The van der Waals surface area contributed by atoms with Crippen LogP contribution in [0.15, 0.2) is 41.7 Å². The number of likely N-dealkylation sites (tertiary alicyclic amines) is 1. The second kappa shape index (κ2) is 4.91. The zero-order valence-electron chi connectivity index (χ0n) is 10.0. The molecule has 1 aromatic carbocycles. The van der Waals surface area contributed by atoms with Gasteiger partial charge in [0.25, 0.3) is 5.91 Å². The number of aliphatic hydroxyl groups excluding tert-OH is 1. The normalized spacial score (nSPS) is 17.8. The summed E-state index contributed by atoms with van der Waals surface area (Å²) in [6, 6.07) is 8.45. The molecule has 1 aliphatic heterocycles. The highest BCUT2D eigenvalue weighted by molar-refractivity contribution is 6.09. The van der Waals surface area contributed by atoms with E-state index in [4.69, 9.17) is 0 Å². The maximum absolute atomic E-state index is 11.9. The van der Waals surface area contributed by atoms with Crippen LogP contribution in [0.3, 0.4) is 0 Å². The third kappa shape index (κ3) is 2.34. The van der Waals surface area contributed by atoms with E-state index in [2.05, 4.69) is 5.32 Å². The topological polar surface area (TPSA) is 69.6 Å². The molecule has 2 N–H and O–H groups in total. The van der Waals surface area contributed by atoms with Gasteiger partial charge in [-0.15, -0.1) is 0 Å². The summed E-state index contributed by atoms with van der Waals surface area (Å²) in [4.78, 5) is 24.8. The van der Waals surface area contributed by atoms with Crippen LogP contribution >= 0.6 is 0 Å². The smallest absolute Gasteiger partial charge is 0.328 e. The Hall–Kier alpha value is -2.30. The number of carbonyl (C=O) groups excluding carboxylic acids is 2. The van der Waals surface area contributed by atoms with Crippen molar-refractivity contribution in [3.8, 4) is 0 Å². The lowest BCUT2D eigenvalue weighted by Gasteiger charge is -2.14. The molecule has 1 aromatic rings. The highest BCUT2D eigenvalue weighted by atomic mass is 16.3. The minimum Gasteiger partial charge on any atom is -0.512 e. The summed E-state index contributed by atoms with van der Waals surface area (Å²) in [6.45, 7) is 1.75. The van der Waals surface area contributed by atoms with Gasteiger partial charge in [-0.25, -0.2) is 4.79 Å². The van der Waals surface area contributed by atoms with Crippen molar-refractivity contribution >= 4 is 17.6 Å². The Labute approximate surface area is 105 Å². The summed E-state index contributed by atoms with van der Waals surface area (Å²) < 4.78 is 0. The number of benzene rings is 1. The van der Waals surface area contributed by atoms with Crippen molar-refractivity contribution in [3.05, 3.63) is 41.7 Å². The highest BCUT2D eigenvalue weighted by Gasteiger charge is 2.32. The Morgan fingerprint density at radius 2 is 2.00 bits per heavy atom. The predicted molar refractivity (Wildman–Crippen MR) is 67.1 cm³/mol. The maximum atomic E-state index is 11.9. The Morgan fingerprint density at radius 1 is 1.33 bits per heavy atom. The first kappa shape index (κ1) is 12.2. The molecule has 5 nitrogen and oxygen atoms in total. The molecule has 0 aliphatic carbocycles. The molecular weight excluding hydrogens is 232 g/mol. The van der Waals surface area contributed by atoms with Gasteiger partial charge in [-0.2, -0.15) is 0 Å². The minimum absolute atomic E-state index is 0.0185. The molecule has 0 spiro atoms. The summed E-state index contributed by atoms with van der Waals surface area (Å²) in [5, 5.41) is 11.9. The lowest BCUT2D eigenvalue weighted by molar-refractivity contribution is -0.122. The Bertz CT molecular complexity index is 504. The molecule has 5 heteroatoms. The van der Waals surface area contributed by atoms with Crippen LogP contribution in [0.5, 0.6) is 0 Å². The number of urea groups is 1. The van der Waals surface area contributed by atoms with Crippen molar-refractivity contribution in [3.63, 3.8) is 0 Å². The average Bonchev–Trinajstić information content (AvgIpc) is 2.72. The van der Waals surface area contributed by atoms with Gasteiger partial charge < -0.3 is 10.4 Å². The Kier molecular flexibility index (Phi) is 3.32. The van der Waals surface area contributed by atoms with Crippen molar-refractivity contribution in [1.82, 2.24) is 4.90 Å². The van der Waals surface area contributed by atoms with Gasteiger partial charge >= 0.3 is 6.03 Å². The summed E-state index contributed by atoms with van der Waals surface area (Å²) >= 11 is 0. The van der Waals surface area contributed by atoms with Crippen LogP contribution in [0.1, 0.15) is 13.3 Å². The molecule has 3 amide bonds. The monoisotopic (exact) mass is 246 g/mol. The fraction of sp³-hybridized carbons (Fsp3) is 0.231. The molecule has 0 radical (unpaired) electrons. The Morgan fingerprint density at radius 3 is 2.56 bits per heavy atom. The van der Waals surface area contributed by atoms with E-state index in [9.17, 15) is 14.7 Å². The number of para-hydroxylation sites is 1. The summed E-state index contributed by atoms with van der Waals surface area (Å²) in [5.74, 6) is -0.446. The van der Waals surface area contributed by atoms with Crippen LogP contribution in [0.2, 0.25) is 0 Å². The van der Waals surface area contributed by atoms with Gasteiger partial charge in [0, 0.05) is 12.2 Å². The second-order valence-electron chi connectivity index (χ2n) is 4.07. The number of nitrogens with zero attached hydrogens (tertiary/aromatic N) is 1. The van der Waals surface area contributed by atoms with Crippen LogP contribution in [0, 0.1) is 0 Å². The number of amides is 3. The van der Waals surface area contributed by atoms with Gasteiger partial charge in [-0.1, -0.05) is 18.2 Å². The predicted octanol–water partition coefficient (Wildman–Crippen LogP) is 2.28. The molecule has 1 fully saturated rings. The maximum Gasteiger partial charge on any atom is 0.328 e. The molecule has 94 valence electrons. The van der Waals surface area contributed by atoms with Gasteiger partial charge in [-0.05, 0) is 25.5 Å². The van der Waals surface area contributed by atoms with E-state index in [1.807, 2.05) is 6.07 Å². The van der Waals surface area contributed by atoms with E-state index in [0.29, 0.717) is 24.2 Å². The molecule has 0 bridgehead atoms. The molecule has 1 aliphatic rings. The average molecular weight is 246 g/mol. The largest absolute Gasteiger partial charge is 0.512 e. The van der Waals surface area contributed by atoms with E-state index in [1.165, 1.54) is 6.92 Å². The standard InChI is InChI=1S/C13H14N2O3/c1-9(16)11-7-8-15(12(11)17)13(18)14-10-5-3-2-4-6-10/h2-6,16H,7-8H2,1H3,(H,14,18). The molecule has 2 rings (SSSR count). The van der Waals surface area contributed by atoms with Crippen LogP contribution < -0.4 is 5.32 Å². The summed E-state index contributed by atoms with van der Waals surface area (Å²) in [5.41, 5.74) is 0.937. The molecule has 0 aromatic heterocycles. The fourth-order valence-electron chi connectivity index (χ4n) is 1.84. The number of hydrogen-bond donors (Lipinski definition) is 2. The number of nitrogens with one attached hydrogen (secondary N) is 1. The van der Waals surface area contributed by atoms with Crippen LogP contribution in [-0.2, 0) is 4.79 Å². The van der Waals surface area contributed by atoms with E-state index < -0.39 is 11.9 Å². The van der Waals surface area contributed by atoms with E-state index in [1.54, 1.807) is 24.3 Å². The molecule has 18 heavy (non-hydrogen) atoms. The van der Waals surface area contributed by atoms with Crippen molar-refractivity contribution in [2.45, 2.75) is 13.3 Å². The quantitative estimate of drug-likeness (QED) is 0.590. The van der Waals surface area contributed by atoms with Gasteiger partial charge in [0.1, 0.15) is 0 Å². The lowest BCUT2D eigenvalue weighted by Crippen LogP contribution is -2.36. The lowest BCUT2D eigenvalue weighted by atomic mass is 10.2. The first-order valence-electron chi connectivity index (χ1n) is 5.66. The molecule has 1 heterocycles. The van der Waals surface area contributed by atoms with Crippen molar-refractivity contribution < 1.29 is 14.7 Å². The third-order valence-corrected chi connectivity index (χ3v) is 2.80. The zero-order chi connectivity index (χ0) is 13.1. The van der Waals surface area contributed by atoms with Crippen molar-refractivity contribution in [2.75, 3.05) is 11.9 Å². The number of carbonyl (C=O) groups is 2. The van der Waals surface area contributed by atoms with Gasteiger partial charge in [-0.3, -0.25) is 9.69 Å². The van der Waals surface area contributed by atoms with Gasteiger partial charge in [0.2, 0.25) is 0 Å². The van der Waals surface area contributed by atoms with Crippen LogP contribution in [-0.4, -0.2) is 28.5 Å². The van der Waals surface area contributed by atoms with Crippen LogP contribution in [0.4, 0.5) is 10.5 Å². The van der Waals surface area contributed by atoms with Gasteiger partial charge in [0.05, 0.1) is 11.3 Å². The molecule has 1 saturated heterocycles. The summed E-state index contributed by atoms with van der Waals surface area (Å²) in [6.07, 6.45) is 0.392. The fourth-order valence-corrected chi connectivity index (χ4v) is 1.84. The van der Waals surface area contributed by atoms with E-state index in [-0.39, 0.29) is 5.76 Å². The third-order valence-electron chi connectivity index (χ3n) is 2.80. The van der Waals surface area contributed by atoms with Gasteiger partial charge in [0.15, 0.2) is 0 Å².